The summed E-state index contributed by atoms with van der Waals surface area (Å²) in [5.41, 5.74) is 8.80. The second kappa shape index (κ2) is 5.41. The lowest BCUT2D eigenvalue weighted by Gasteiger charge is -2.06. The lowest BCUT2D eigenvalue weighted by Crippen LogP contribution is -2.25. The molecule has 0 bridgehead atoms. The lowest BCUT2D eigenvalue weighted by molar-refractivity contribution is 0.575. The zero-order chi connectivity index (χ0) is 14.0. The Morgan fingerprint density at radius 1 is 1.42 bits per heavy atom. The van der Waals surface area contributed by atoms with Crippen LogP contribution in [0.5, 0.6) is 0 Å². The molecule has 0 saturated carbocycles. The minimum atomic E-state index is -3.64. The number of aromatic nitrogens is 2. The molecule has 104 valence electrons. The van der Waals surface area contributed by atoms with Crippen LogP contribution in [0.3, 0.4) is 0 Å². The number of hydrogen-bond donors (Lipinski definition) is 3. The molecule has 0 saturated heterocycles. The molecule has 0 spiro atoms. The van der Waals surface area contributed by atoms with E-state index in [2.05, 4.69) is 14.9 Å². The highest BCUT2D eigenvalue weighted by Gasteiger charge is 2.22. The van der Waals surface area contributed by atoms with Crippen molar-refractivity contribution >= 4 is 21.4 Å². The summed E-state index contributed by atoms with van der Waals surface area (Å²) in [5, 5.41) is 10.4. The summed E-state index contributed by atoms with van der Waals surface area (Å²) in [7, 11) is -3.64. The van der Waals surface area contributed by atoms with Crippen LogP contribution >= 0.6 is 11.3 Å². The summed E-state index contributed by atoms with van der Waals surface area (Å²) in [6, 6.07) is 0. The first-order chi connectivity index (χ1) is 8.95. The van der Waals surface area contributed by atoms with Gasteiger partial charge in [-0.3, -0.25) is 5.10 Å². The number of nitrogens with zero attached hydrogens (tertiary/aromatic N) is 1. The van der Waals surface area contributed by atoms with E-state index in [1.807, 2.05) is 17.7 Å². The van der Waals surface area contributed by atoms with Crippen molar-refractivity contribution in [1.82, 2.24) is 14.9 Å². The number of nitrogens with two attached hydrogens (primary N) is 1. The predicted octanol–water partition coefficient (Wildman–Crippen LogP) is 1.03. The van der Waals surface area contributed by atoms with Gasteiger partial charge in [-0.15, -0.1) is 0 Å². The van der Waals surface area contributed by atoms with Gasteiger partial charge in [0.15, 0.2) is 5.03 Å². The van der Waals surface area contributed by atoms with Crippen LogP contribution in [0.1, 0.15) is 22.4 Å². The van der Waals surface area contributed by atoms with Crippen molar-refractivity contribution in [3.8, 4) is 0 Å². The predicted molar refractivity (Wildman–Crippen MR) is 74.3 cm³/mol. The molecule has 0 aliphatic rings. The number of hydrogen-bond acceptors (Lipinski definition) is 5. The van der Waals surface area contributed by atoms with Crippen molar-refractivity contribution < 1.29 is 8.42 Å². The molecule has 19 heavy (non-hydrogen) atoms. The van der Waals surface area contributed by atoms with Crippen molar-refractivity contribution in [2.24, 2.45) is 5.73 Å². The van der Waals surface area contributed by atoms with E-state index in [1.54, 1.807) is 18.3 Å². The first kappa shape index (κ1) is 14.2. The largest absolute Gasteiger partial charge is 0.326 e. The Kier molecular flexibility index (Phi) is 4.04. The average molecular weight is 300 g/mol. The van der Waals surface area contributed by atoms with Crippen LogP contribution in [0.25, 0.3) is 0 Å². The van der Waals surface area contributed by atoms with Gasteiger partial charge in [0.1, 0.15) is 0 Å². The van der Waals surface area contributed by atoms with Crippen LogP contribution in [0, 0.1) is 13.8 Å². The van der Waals surface area contributed by atoms with E-state index in [0.29, 0.717) is 11.3 Å². The standard InChI is InChI=1S/C11H16N4O2S2/c1-7-5-18-6-9(7)4-13-19(16,17)11-10(3-12)8(2)14-15-11/h5-6,13H,3-4,12H2,1-2H3,(H,14,15). The normalized spacial score (nSPS) is 11.9. The third-order valence-corrected chi connectivity index (χ3v) is 5.19. The first-order valence-corrected chi connectivity index (χ1v) is 8.13. The highest BCUT2D eigenvalue weighted by Crippen LogP contribution is 2.17. The van der Waals surface area contributed by atoms with E-state index in [4.69, 9.17) is 5.73 Å². The van der Waals surface area contributed by atoms with E-state index >= 15 is 0 Å². The molecular formula is C11H16N4O2S2. The maximum atomic E-state index is 12.2. The zero-order valence-electron chi connectivity index (χ0n) is 10.7. The van der Waals surface area contributed by atoms with Gasteiger partial charge in [-0.05, 0) is 35.7 Å². The summed E-state index contributed by atoms with van der Waals surface area (Å²) in [4.78, 5) is 0. The van der Waals surface area contributed by atoms with E-state index in [0.717, 1.165) is 11.1 Å². The first-order valence-electron chi connectivity index (χ1n) is 5.71. The van der Waals surface area contributed by atoms with Crippen LogP contribution < -0.4 is 10.5 Å². The summed E-state index contributed by atoms with van der Waals surface area (Å²) in [6.45, 7) is 4.09. The fraction of sp³-hybridized carbons (Fsp3) is 0.364. The molecule has 8 heteroatoms. The Morgan fingerprint density at radius 2 is 2.16 bits per heavy atom. The van der Waals surface area contributed by atoms with Gasteiger partial charge in [0.05, 0.1) is 0 Å². The monoisotopic (exact) mass is 300 g/mol. The average Bonchev–Trinajstić information content (AvgIpc) is 2.93. The third-order valence-electron chi connectivity index (χ3n) is 2.91. The van der Waals surface area contributed by atoms with E-state index in [9.17, 15) is 8.42 Å². The smallest absolute Gasteiger partial charge is 0.260 e. The SMILES string of the molecule is Cc1cscc1CNS(=O)(=O)c1n[nH]c(C)c1CN. The molecule has 0 aliphatic heterocycles. The lowest BCUT2D eigenvalue weighted by atomic mass is 10.2. The Morgan fingerprint density at radius 3 is 2.74 bits per heavy atom. The van der Waals surface area contributed by atoms with E-state index in [1.165, 1.54) is 0 Å². The van der Waals surface area contributed by atoms with Gasteiger partial charge >= 0.3 is 0 Å². The minimum Gasteiger partial charge on any atom is -0.326 e. The van der Waals surface area contributed by atoms with Gasteiger partial charge in [0.2, 0.25) is 0 Å². The molecule has 2 rings (SSSR count). The second-order valence-electron chi connectivity index (χ2n) is 4.24. The maximum absolute atomic E-state index is 12.2. The van der Waals surface area contributed by atoms with Crippen LogP contribution in [0.4, 0.5) is 0 Å². The summed E-state index contributed by atoms with van der Waals surface area (Å²) in [5.74, 6) is 0. The molecule has 6 nitrogen and oxygen atoms in total. The number of H-pyrrole nitrogens is 1. The number of aromatic amines is 1. The van der Waals surface area contributed by atoms with Crippen molar-refractivity contribution in [2.45, 2.75) is 32.0 Å². The van der Waals surface area contributed by atoms with Crippen LogP contribution in [-0.2, 0) is 23.1 Å². The molecule has 0 amide bonds. The molecule has 0 aliphatic carbocycles. The van der Waals surface area contributed by atoms with Gasteiger partial charge in [-0.25, -0.2) is 13.1 Å². The number of sulfonamides is 1. The second-order valence-corrected chi connectivity index (χ2v) is 6.67. The molecule has 0 unspecified atom stereocenters. The van der Waals surface area contributed by atoms with Crippen LogP contribution in [0.15, 0.2) is 15.8 Å². The fourth-order valence-corrected chi connectivity index (χ4v) is 3.77. The van der Waals surface area contributed by atoms with E-state index in [-0.39, 0.29) is 18.1 Å². The number of aryl methyl sites for hydroxylation is 2. The van der Waals surface area contributed by atoms with Crippen molar-refractivity contribution in [1.29, 1.82) is 0 Å². The highest BCUT2D eigenvalue weighted by molar-refractivity contribution is 7.89. The van der Waals surface area contributed by atoms with E-state index < -0.39 is 10.0 Å². The van der Waals surface area contributed by atoms with Gasteiger partial charge < -0.3 is 5.73 Å². The maximum Gasteiger partial charge on any atom is 0.260 e. The summed E-state index contributed by atoms with van der Waals surface area (Å²) in [6.07, 6.45) is 0. The molecule has 0 atom stereocenters. The van der Waals surface area contributed by atoms with Crippen molar-refractivity contribution in [3.63, 3.8) is 0 Å². The Labute approximate surface area is 116 Å². The molecule has 0 aromatic carbocycles. The number of nitrogens with one attached hydrogen (secondary N) is 2. The quantitative estimate of drug-likeness (QED) is 0.767. The van der Waals surface area contributed by atoms with Gasteiger partial charge in [0.25, 0.3) is 10.0 Å². The molecule has 4 N–H and O–H groups in total. The Hall–Kier alpha value is -1.22. The molecule has 0 fully saturated rings. The van der Waals surface area contributed by atoms with Crippen molar-refractivity contribution in [2.75, 3.05) is 0 Å². The third kappa shape index (κ3) is 2.86. The van der Waals surface area contributed by atoms with Crippen molar-refractivity contribution in [3.05, 3.63) is 33.1 Å². The van der Waals surface area contributed by atoms with Crippen LogP contribution in [-0.4, -0.2) is 18.6 Å². The minimum absolute atomic E-state index is 0.0135. The molecule has 0 radical (unpaired) electrons. The zero-order valence-corrected chi connectivity index (χ0v) is 12.4. The molecule has 2 aromatic rings. The highest BCUT2D eigenvalue weighted by atomic mass is 32.2. The van der Waals surface area contributed by atoms with Gasteiger partial charge in [0, 0.05) is 24.3 Å². The van der Waals surface area contributed by atoms with Gasteiger partial charge in [-0.2, -0.15) is 16.4 Å². The Balaban J connectivity index is 2.21. The topological polar surface area (TPSA) is 101 Å². The van der Waals surface area contributed by atoms with Gasteiger partial charge in [-0.1, -0.05) is 0 Å². The fourth-order valence-electron chi connectivity index (χ4n) is 1.70. The molecule has 2 heterocycles. The molecular weight excluding hydrogens is 284 g/mol. The summed E-state index contributed by atoms with van der Waals surface area (Å²) >= 11 is 1.55. The molecule has 2 aromatic heterocycles. The van der Waals surface area contributed by atoms with Crippen LogP contribution in [0.2, 0.25) is 0 Å². The summed E-state index contributed by atoms with van der Waals surface area (Å²) < 4.78 is 26.9. The number of rotatable bonds is 5. The Bertz CT molecular complexity index is 673. The number of thiophene rings is 1.